The van der Waals surface area contributed by atoms with E-state index in [1.54, 1.807) is 0 Å². The van der Waals surface area contributed by atoms with Gasteiger partial charge in [-0.05, 0) is 128 Å². The minimum Gasteiger partial charge on any atom is -0.462 e. The van der Waals surface area contributed by atoms with E-state index in [-0.39, 0.29) is 31.1 Å². The third-order valence-corrected chi connectivity index (χ3v) is 11.6. The minimum absolute atomic E-state index is 0.116. The summed E-state index contributed by atoms with van der Waals surface area (Å²) >= 11 is 0. The maximum absolute atomic E-state index is 12.9. The Kier molecular flexibility index (Phi) is 54.5. The first-order chi connectivity index (χ1) is 35.0. The number of ether oxygens (including phenoxy) is 3. The van der Waals surface area contributed by atoms with Crippen LogP contribution >= 0.6 is 0 Å². The van der Waals surface area contributed by atoms with Crippen LogP contribution in [0.5, 0.6) is 0 Å². The first-order valence-corrected chi connectivity index (χ1v) is 28.7. The molecule has 0 saturated heterocycles. The van der Waals surface area contributed by atoms with Crippen molar-refractivity contribution in [2.45, 2.75) is 245 Å². The van der Waals surface area contributed by atoms with Crippen molar-refractivity contribution in [2.75, 3.05) is 13.2 Å². The van der Waals surface area contributed by atoms with Gasteiger partial charge in [0, 0.05) is 19.3 Å². The summed E-state index contributed by atoms with van der Waals surface area (Å²) < 4.78 is 16.8. The molecule has 0 aliphatic rings. The predicted molar refractivity (Wildman–Crippen MR) is 306 cm³/mol. The molecule has 0 aromatic carbocycles. The molecular formula is C65H104O6. The molecule has 0 saturated carbocycles. The summed E-state index contributed by atoms with van der Waals surface area (Å²) in [5.41, 5.74) is 0. The van der Waals surface area contributed by atoms with Crippen LogP contribution < -0.4 is 0 Å². The van der Waals surface area contributed by atoms with Crippen LogP contribution in [0.3, 0.4) is 0 Å². The van der Waals surface area contributed by atoms with Gasteiger partial charge in [-0.1, -0.05) is 225 Å². The van der Waals surface area contributed by atoms with Crippen molar-refractivity contribution in [3.63, 3.8) is 0 Å². The fourth-order valence-electron chi connectivity index (χ4n) is 7.39. The smallest absolute Gasteiger partial charge is 0.306 e. The lowest BCUT2D eigenvalue weighted by atomic mass is 10.1. The van der Waals surface area contributed by atoms with E-state index in [0.29, 0.717) is 19.3 Å². The van der Waals surface area contributed by atoms with Crippen molar-refractivity contribution in [1.82, 2.24) is 0 Å². The Balaban J connectivity index is 4.55. The molecule has 6 heteroatoms. The lowest BCUT2D eigenvalue weighted by Crippen LogP contribution is -2.30. The molecule has 0 aromatic rings. The number of rotatable bonds is 50. The SMILES string of the molecule is CC/C=C\C/C=C\C/C=C\C/C=C\C/C=C\CCCCCC(=O)OCC(COC(=O)CCCCC/C=C\C/C=C\C/C=C\C/C=C\CC)OC(=O)CCCCCCC/C=C\C=C/CCCCCCCCC. The van der Waals surface area contributed by atoms with Gasteiger partial charge in [-0.2, -0.15) is 0 Å². The Morgan fingerprint density at radius 1 is 0.310 bits per heavy atom. The molecule has 1 unspecified atom stereocenters. The Hall–Kier alpha value is -4.45. The highest BCUT2D eigenvalue weighted by atomic mass is 16.6. The molecule has 0 amide bonds. The first kappa shape index (κ1) is 66.6. The van der Waals surface area contributed by atoms with Crippen LogP contribution in [0.2, 0.25) is 0 Å². The van der Waals surface area contributed by atoms with Gasteiger partial charge < -0.3 is 14.2 Å². The summed E-state index contributed by atoms with van der Waals surface area (Å²) in [6.45, 7) is 6.33. The lowest BCUT2D eigenvalue weighted by Gasteiger charge is -2.18. The summed E-state index contributed by atoms with van der Waals surface area (Å²) in [6.07, 6.45) is 81.5. The van der Waals surface area contributed by atoms with Crippen LogP contribution in [0.25, 0.3) is 0 Å². The third-order valence-electron chi connectivity index (χ3n) is 11.6. The van der Waals surface area contributed by atoms with Crippen LogP contribution in [0.1, 0.15) is 239 Å². The summed E-state index contributed by atoms with van der Waals surface area (Å²) in [5.74, 6) is -0.996. The number of hydrogen-bond donors (Lipinski definition) is 0. The molecule has 71 heavy (non-hydrogen) atoms. The molecule has 0 fully saturated rings. The third kappa shape index (κ3) is 56.3. The normalized spacial score (nSPS) is 13.1. The maximum atomic E-state index is 12.9. The van der Waals surface area contributed by atoms with Crippen molar-refractivity contribution in [3.05, 3.63) is 134 Å². The van der Waals surface area contributed by atoms with E-state index in [0.717, 1.165) is 148 Å². The highest BCUT2D eigenvalue weighted by Gasteiger charge is 2.19. The van der Waals surface area contributed by atoms with Gasteiger partial charge >= 0.3 is 17.9 Å². The van der Waals surface area contributed by atoms with Gasteiger partial charge in [-0.15, -0.1) is 0 Å². The second-order valence-corrected chi connectivity index (χ2v) is 18.5. The number of allylic oxidation sites excluding steroid dienone is 22. The largest absolute Gasteiger partial charge is 0.462 e. The first-order valence-electron chi connectivity index (χ1n) is 28.7. The van der Waals surface area contributed by atoms with Gasteiger partial charge in [0.1, 0.15) is 13.2 Å². The Labute approximate surface area is 436 Å². The molecule has 0 aliphatic heterocycles. The predicted octanol–water partition coefficient (Wildman–Crippen LogP) is 19.4. The molecular weight excluding hydrogens is 877 g/mol. The number of unbranched alkanes of at least 4 members (excludes halogenated alkanes) is 18. The van der Waals surface area contributed by atoms with Gasteiger partial charge in [-0.3, -0.25) is 14.4 Å². The van der Waals surface area contributed by atoms with Crippen molar-refractivity contribution >= 4 is 17.9 Å². The fourth-order valence-corrected chi connectivity index (χ4v) is 7.39. The second kappa shape index (κ2) is 58.1. The summed E-state index contributed by atoms with van der Waals surface area (Å²) in [6, 6.07) is 0. The van der Waals surface area contributed by atoms with E-state index in [2.05, 4.69) is 154 Å². The summed E-state index contributed by atoms with van der Waals surface area (Å²) in [4.78, 5) is 38.2. The second-order valence-electron chi connectivity index (χ2n) is 18.5. The monoisotopic (exact) mass is 981 g/mol. The van der Waals surface area contributed by atoms with Gasteiger partial charge in [-0.25, -0.2) is 0 Å². The van der Waals surface area contributed by atoms with Crippen molar-refractivity contribution in [3.8, 4) is 0 Å². The standard InChI is InChI=1S/C65H104O6/c1-4-7-10-13-16-19-22-25-28-31-33-35-37-40-43-46-49-52-55-58-64(67)70-61-62(60-69-63(66)57-54-51-48-45-42-39-36-30-27-24-21-18-15-12-9-6-3)71-65(68)59-56-53-50-47-44-41-38-34-32-29-26-23-20-17-14-11-8-5-2/h7,9-10,12,16,18-19,21,25,27-30,32-35,38-40,42-43,62H,4-6,8,11,13-15,17,20,22-24,26,31,36-37,41,44-61H2,1-3H3/b10-7-,12-9-,19-16-,21-18-,28-25-,30-27-,32-29-,35-33-,38-34-,42-39-,43-40-. The quantitative estimate of drug-likeness (QED) is 0.0199. The molecule has 0 rings (SSSR count). The molecule has 0 heterocycles. The van der Waals surface area contributed by atoms with E-state index in [4.69, 9.17) is 14.2 Å². The number of carbonyl (C=O) groups excluding carboxylic acids is 3. The van der Waals surface area contributed by atoms with E-state index < -0.39 is 6.10 Å². The van der Waals surface area contributed by atoms with Crippen molar-refractivity contribution < 1.29 is 28.6 Å². The minimum atomic E-state index is -0.819. The Bertz CT molecular complexity index is 1550. The Morgan fingerprint density at radius 3 is 0.958 bits per heavy atom. The molecule has 1 atom stereocenters. The molecule has 0 aromatic heterocycles. The average Bonchev–Trinajstić information content (AvgIpc) is 3.37. The van der Waals surface area contributed by atoms with Crippen molar-refractivity contribution in [2.24, 2.45) is 0 Å². The summed E-state index contributed by atoms with van der Waals surface area (Å²) in [5, 5.41) is 0. The van der Waals surface area contributed by atoms with Crippen LogP contribution in [0.15, 0.2) is 134 Å². The fraction of sp³-hybridized carbons (Fsp3) is 0.615. The topological polar surface area (TPSA) is 78.9 Å². The average molecular weight is 982 g/mol. The summed E-state index contributed by atoms with van der Waals surface area (Å²) in [7, 11) is 0. The van der Waals surface area contributed by atoms with E-state index in [1.807, 2.05) is 0 Å². The van der Waals surface area contributed by atoms with Gasteiger partial charge in [0.05, 0.1) is 0 Å². The molecule has 6 nitrogen and oxygen atoms in total. The Morgan fingerprint density at radius 2 is 0.592 bits per heavy atom. The van der Waals surface area contributed by atoms with E-state index in [1.165, 1.54) is 51.4 Å². The number of carbonyl (C=O) groups is 3. The number of hydrogen-bond acceptors (Lipinski definition) is 6. The zero-order chi connectivity index (χ0) is 51.4. The maximum Gasteiger partial charge on any atom is 0.306 e. The van der Waals surface area contributed by atoms with Crippen LogP contribution in [-0.4, -0.2) is 37.2 Å². The molecule has 0 N–H and O–H groups in total. The van der Waals surface area contributed by atoms with Crippen LogP contribution in [-0.2, 0) is 28.6 Å². The zero-order valence-electron chi connectivity index (χ0n) is 45.7. The molecule has 0 radical (unpaired) electrons. The van der Waals surface area contributed by atoms with Crippen LogP contribution in [0, 0.1) is 0 Å². The van der Waals surface area contributed by atoms with Crippen LogP contribution in [0.4, 0.5) is 0 Å². The zero-order valence-corrected chi connectivity index (χ0v) is 45.7. The number of esters is 3. The highest BCUT2D eigenvalue weighted by molar-refractivity contribution is 5.71. The van der Waals surface area contributed by atoms with Crippen molar-refractivity contribution in [1.29, 1.82) is 0 Å². The molecule has 0 aliphatic carbocycles. The van der Waals surface area contributed by atoms with Gasteiger partial charge in [0.25, 0.3) is 0 Å². The molecule has 0 bridgehead atoms. The van der Waals surface area contributed by atoms with Gasteiger partial charge in [0.2, 0.25) is 0 Å². The molecule has 0 spiro atoms. The van der Waals surface area contributed by atoms with Gasteiger partial charge in [0.15, 0.2) is 6.10 Å². The van der Waals surface area contributed by atoms with E-state index in [9.17, 15) is 14.4 Å². The lowest BCUT2D eigenvalue weighted by molar-refractivity contribution is -0.167. The highest BCUT2D eigenvalue weighted by Crippen LogP contribution is 2.13. The van der Waals surface area contributed by atoms with E-state index >= 15 is 0 Å². The molecule has 400 valence electrons.